The Morgan fingerprint density at radius 3 is 2.55 bits per heavy atom. The zero-order chi connectivity index (χ0) is 14.1. The van der Waals surface area contributed by atoms with E-state index in [-0.39, 0.29) is 0 Å². The first-order valence-electron chi connectivity index (χ1n) is 7.29. The van der Waals surface area contributed by atoms with Crippen LogP contribution in [0, 0.1) is 0 Å². The lowest BCUT2D eigenvalue weighted by atomic mass is 9.78. The van der Waals surface area contributed by atoms with Crippen molar-refractivity contribution < 1.29 is 0 Å². The van der Waals surface area contributed by atoms with Gasteiger partial charge in [0, 0.05) is 11.5 Å². The summed E-state index contributed by atoms with van der Waals surface area (Å²) in [7, 11) is 0. The summed E-state index contributed by atoms with van der Waals surface area (Å²) in [6.45, 7) is 4.26. The largest absolute Gasteiger partial charge is 0.233 e. The lowest BCUT2D eigenvalue weighted by molar-refractivity contribution is 0.420. The van der Waals surface area contributed by atoms with Gasteiger partial charge in [0.2, 0.25) is 0 Å². The fourth-order valence-electron chi connectivity index (χ4n) is 2.64. The van der Waals surface area contributed by atoms with Gasteiger partial charge in [0.05, 0.1) is 5.69 Å². The van der Waals surface area contributed by atoms with Gasteiger partial charge in [-0.05, 0) is 46.3 Å². The van der Waals surface area contributed by atoms with E-state index in [2.05, 4.69) is 59.0 Å². The molecule has 1 fully saturated rings. The monoisotopic (exact) mass is 330 g/mol. The van der Waals surface area contributed by atoms with Gasteiger partial charge in [0.1, 0.15) is 10.4 Å². The Morgan fingerprint density at radius 1 is 1.15 bits per heavy atom. The molecule has 3 rings (SSSR count). The van der Waals surface area contributed by atoms with E-state index in [0.717, 1.165) is 16.1 Å². The van der Waals surface area contributed by atoms with E-state index >= 15 is 0 Å². The standard InChI is InChI=1S/C17H19BrN2/c1-11(2)17-19-15(10-16(18)20-17)14-9-4-3-8-13(14)12-6-5-7-12/h3-4,8-12H,5-7H2,1-2H3. The molecule has 1 aliphatic carbocycles. The molecular formula is C17H19BrN2. The number of nitrogens with zero attached hydrogens (tertiary/aromatic N) is 2. The highest BCUT2D eigenvalue weighted by Crippen LogP contribution is 2.40. The normalized spacial score (nSPS) is 15.4. The molecule has 0 amide bonds. The van der Waals surface area contributed by atoms with E-state index in [0.29, 0.717) is 11.8 Å². The average Bonchev–Trinajstić information content (AvgIpc) is 2.36. The Kier molecular flexibility index (Phi) is 3.88. The van der Waals surface area contributed by atoms with Gasteiger partial charge in [-0.2, -0.15) is 0 Å². The molecular weight excluding hydrogens is 312 g/mol. The second-order valence-corrected chi connectivity index (χ2v) is 6.62. The molecule has 1 aromatic heterocycles. The first-order chi connectivity index (χ1) is 9.65. The van der Waals surface area contributed by atoms with Gasteiger partial charge in [-0.25, -0.2) is 9.97 Å². The van der Waals surface area contributed by atoms with Crippen LogP contribution in [0.4, 0.5) is 0 Å². The van der Waals surface area contributed by atoms with E-state index in [1.807, 2.05) is 6.07 Å². The summed E-state index contributed by atoms with van der Waals surface area (Å²) in [5, 5.41) is 0. The first-order valence-corrected chi connectivity index (χ1v) is 8.08. The topological polar surface area (TPSA) is 25.8 Å². The zero-order valence-corrected chi connectivity index (χ0v) is 13.5. The van der Waals surface area contributed by atoms with Crippen molar-refractivity contribution in [2.24, 2.45) is 0 Å². The quantitative estimate of drug-likeness (QED) is 0.714. The minimum Gasteiger partial charge on any atom is -0.233 e. The number of benzene rings is 1. The van der Waals surface area contributed by atoms with Crippen LogP contribution in [-0.4, -0.2) is 9.97 Å². The number of aromatic nitrogens is 2. The summed E-state index contributed by atoms with van der Waals surface area (Å²) < 4.78 is 0.870. The molecule has 0 aliphatic heterocycles. The van der Waals surface area contributed by atoms with Crippen molar-refractivity contribution >= 4 is 15.9 Å². The minimum atomic E-state index is 0.335. The molecule has 0 spiro atoms. The molecule has 1 saturated carbocycles. The van der Waals surface area contributed by atoms with Crippen molar-refractivity contribution in [2.75, 3.05) is 0 Å². The maximum absolute atomic E-state index is 4.76. The Balaban J connectivity index is 2.08. The summed E-state index contributed by atoms with van der Waals surface area (Å²) in [6.07, 6.45) is 3.96. The van der Waals surface area contributed by atoms with Crippen LogP contribution in [0.2, 0.25) is 0 Å². The summed E-state index contributed by atoms with van der Waals surface area (Å²) in [5.41, 5.74) is 3.75. The van der Waals surface area contributed by atoms with Gasteiger partial charge in [0.15, 0.2) is 0 Å². The Morgan fingerprint density at radius 2 is 1.90 bits per heavy atom. The second-order valence-electron chi connectivity index (χ2n) is 5.80. The van der Waals surface area contributed by atoms with Crippen molar-refractivity contribution in [3.63, 3.8) is 0 Å². The third-order valence-corrected chi connectivity index (χ3v) is 4.42. The number of hydrogen-bond acceptors (Lipinski definition) is 2. The first kappa shape index (κ1) is 13.7. The SMILES string of the molecule is CC(C)c1nc(Br)cc(-c2ccccc2C2CCC2)n1. The third-order valence-electron chi connectivity index (χ3n) is 4.01. The molecule has 0 N–H and O–H groups in total. The third kappa shape index (κ3) is 2.64. The molecule has 0 atom stereocenters. The molecule has 20 heavy (non-hydrogen) atoms. The molecule has 2 aromatic rings. The Labute approximate surface area is 128 Å². The summed E-state index contributed by atoms with van der Waals surface area (Å²) >= 11 is 3.52. The molecule has 104 valence electrons. The van der Waals surface area contributed by atoms with Crippen molar-refractivity contribution in [3.05, 3.63) is 46.3 Å². The Hall–Kier alpha value is -1.22. The lowest BCUT2D eigenvalue weighted by Gasteiger charge is -2.27. The smallest absolute Gasteiger partial charge is 0.132 e. The van der Waals surface area contributed by atoms with Gasteiger partial charge >= 0.3 is 0 Å². The highest BCUT2D eigenvalue weighted by atomic mass is 79.9. The summed E-state index contributed by atoms with van der Waals surface area (Å²) in [4.78, 5) is 9.24. The minimum absolute atomic E-state index is 0.335. The van der Waals surface area contributed by atoms with Gasteiger partial charge in [-0.3, -0.25) is 0 Å². The molecule has 2 nitrogen and oxygen atoms in total. The van der Waals surface area contributed by atoms with Gasteiger partial charge in [-0.15, -0.1) is 0 Å². The van der Waals surface area contributed by atoms with Gasteiger partial charge in [-0.1, -0.05) is 44.5 Å². The summed E-state index contributed by atoms with van der Waals surface area (Å²) in [6, 6.07) is 10.7. The van der Waals surface area contributed by atoms with Crippen molar-refractivity contribution in [2.45, 2.75) is 44.9 Å². The van der Waals surface area contributed by atoms with E-state index in [1.54, 1.807) is 0 Å². The molecule has 0 saturated heterocycles. The van der Waals surface area contributed by atoms with Crippen molar-refractivity contribution in [1.82, 2.24) is 9.97 Å². The molecule has 0 unspecified atom stereocenters. The van der Waals surface area contributed by atoms with Crippen LogP contribution < -0.4 is 0 Å². The predicted molar refractivity (Wildman–Crippen MR) is 85.8 cm³/mol. The van der Waals surface area contributed by atoms with Crippen LogP contribution in [0.5, 0.6) is 0 Å². The molecule has 0 radical (unpaired) electrons. The fraction of sp³-hybridized carbons (Fsp3) is 0.412. The fourth-order valence-corrected chi connectivity index (χ4v) is 3.04. The van der Waals surface area contributed by atoms with Crippen LogP contribution >= 0.6 is 15.9 Å². The molecule has 0 bridgehead atoms. The number of hydrogen-bond donors (Lipinski definition) is 0. The lowest BCUT2D eigenvalue weighted by Crippen LogP contribution is -2.10. The highest BCUT2D eigenvalue weighted by molar-refractivity contribution is 9.10. The van der Waals surface area contributed by atoms with Crippen LogP contribution in [0.15, 0.2) is 34.9 Å². The van der Waals surface area contributed by atoms with E-state index in [4.69, 9.17) is 4.98 Å². The van der Waals surface area contributed by atoms with E-state index in [1.165, 1.54) is 30.4 Å². The maximum Gasteiger partial charge on any atom is 0.132 e. The van der Waals surface area contributed by atoms with E-state index < -0.39 is 0 Å². The highest BCUT2D eigenvalue weighted by Gasteiger charge is 2.23. The molecule has 3 heteroatoms. The molecule has 1 heterocycles. The van der Waals surface area contributed by atoms with E-state index in [9.17, 15) is 0 Å². The second kappa shape index (κ2) is 5.65. The van der Waals surface area contributed by atoms with Crippen LogP contribution in [0.1, 0.15) is 56.3 Å². The van der Waals surface area contributed by atoms with Crippen molar-refractivity contribution in [3.8, 4) is 11.3 Å². The van der Waals surface area contributed by atoms with Crippen LogP contribution in [0.3, 0.4) is 0 Å². The predicted octanol–water partition coefficient (Wildman–Crippen LogP) is 5.30. The molecule has 1 aliphatic rings. The zero-order valence-electron chi connectivity index (χ0n) is 11.9. The van der Waals surface area contributed by atoms with Crippen LogP contribution in [0.25, 0.3) is 11.3 Å². The summed E-state index contributed by atoms with van der Waals surface area (Å²) in [5.74, 6) is 1.95. The van der Waals surface area contributed by atoms with Gasteiger partial charge < -0.3 is 0 Å². The molecule has 1 aromatic carbocycles. The van der Waals surface area contributed by atoms with Crippen LogP contribution in [-0.2, 0) is 0 Å². The van der Waals surface area contributed by atoms with Crippen molar-refractivity contribution in [1.29, 1.82) is 0 Å². The number of halogens is 1. The number of rotatable bonds is 3. The van der Waals surface area contributed by atoms with Gasteiger partial charge in [0.25, 0.3) is 0 Å². The maximum atomic E-state index is 4.76. The Bertz CT molecular complexity index is 618. The average molecular weight is 331 g/mol.